The van der Waals surface area contributed by atoms with Gasteiger partial charge in [-0.15, -0.1) is 0 Å². The van der Waals surface area contributed by atoms with Crippen LogP contribution in [0, 0.1) is 0 Å². The van der Waals surface area contributed by atoms with Gasteiger partial charge in [-0.3, -0.25) is 28.8 Å². The van der Waals surface area contributed by atoms with Crippen LogP contribution < -0.4 is 0 Å². The van der Waals surface area contributed by atoms with Crippen LogP contribution in [-0.4, -0.2) is 69.8 Å². The zero-order valence-electron chi connectivity index (χ0n) is 14.4. The van der Waals surface area contributed by atoms with E-state index in [-0.39, 0.29) is 54.0 Å². The Morgan fingerprint density at radius 3 is 0.720 bits per heavy atom. The molecular formula is C15H24CrO9. The van der Waals surface area contributed by atoms with Gasteiger partial charge in [0.1, 0.15) is 37.2 Å². The molecule has 0 rings (SSSR count). The van der Waals surface area contributed by atoms with E-state index in [1.807, 2.05) is 0 Å². The molecule has 0 heterocycles. The van der Waals surface area contributed by atoms with E-state index in [9.17, 15) is 28.8 Å². The molecule has 0 saturated carbocycles. The fourth-order valence-corrected chi connectivity index (χ4v) is 1.00. The number of ketones is 6. The van der Waals surface area contributed by atoms with E-state index < -0.39 is 37.2 Å². The van der Waals surface area contributed by atoms with Gasteiger partial charge in [0.25, 0.3) is 0 Å². The van der Waals surface area contributed by atoms with Crippen molar-refractivity contribution in [1.82, 2.24) is 0 Å². The van der Waals surface area contributed by atoms with Crippen LogP contribution in [0.2, 0.25) is 0 Å². The van der Waals surface area contributed by atoms with Gasteiger partial charge in [0.15, 0.2) is 17.3 Å². The van der Waals surface area contributed by atoms with Crippen LogP contribution in [0.3, 0.4) is 0 Å². The van der Waals surface area contributed by atoms with E-state index in [0.717, 1.165) is 0 Å². The molecule has 0 aliphatic rings. The Labute approximate surface area is 156 Å². The molecule has 0 bridgehead atoms. The first kappa shape index (κ1) is 31.2. The van der Waals surface area contributed by atoms with E-state index in [1.54, 1.807) is 0 Å². The average molecular weight is 400 g/mol. The van der Waals surface area contributed by atoms with Crippen LogP contribution in [-0.2, 0) is 46.1 Å². The maximum Gasteiger partial charge on any atom is 0.165 e. The van der Waals surface area contributed by atoms with E-state index in [0.29, 0.717) is 0 Å². The Kier molecular flexibility index (Phi) is 25.6. The molecule has 0 fully saturated rings. The van der Waals surface area contributed by atoms with Crippen LogP contribution in [0.1, 0.15) is 40.0 Å². The third-order valence-electron chi connectivity index (χ3n) is 1.87. The largest absolute Gasteiger partial charge is 0.389 e. The van der Waals surface area contributed by atoms with Gasteiger partial charge in [0, 0.05) is 17.4 Å². The number of hydrogen-bond acceptors (Lipinski definition) is 9. The van der Waals surface area contributed by atoms with E-state index in [4.69, 9.17) is 15.3 Å². The summed E-state index contributed by atoms with van der Waals surface area (Å²) in [6.45, 7) is 2.35. The van der Waals surface area contributed by atoms with Gasteiger partial charge in [-0.25, -0.2) is 0 Å². The summed E-state index contributed by atoms with van der Waals surface area (Å²) in [7, 11) is 0. The quantitative estimate of drug-likeness (QED) is 0.394. The van der Waals surface area contributed by atoms with Gasteiger partial charge in [-0.1, -0.05) is 0 Å². The average Bonchev–Trinajstić information content (AvgIpc) is 2.46. The Morgan fingerprint density at radius 1 is 0.520 bits per heavy atom. The molecule has 0 aromatic carbocycles. The van der Waals surface area contributed by atoms with Crippen molar-refractivity contribution in [3.63, 3.8) is 0 Å². The molecular weight excluding hydrogens is 376 g/mol. The van der Waals surface area contributed by atoms with Crippen molar-refractivity contribution in [3.05, 3.63) is 0 Å². The number of carbonyl (C=O) groups is 6. The fraction of sp³-hybridized carbons (Fsp3) is 0.600. The number of rotatable bonds is 9. The molecule has 25 heavy (non-hydrogen) atoms. The van der Waals surface area contributed by atoms with Crippen molar-refractivity contribution in [2.24, 2.45) is 0 Å². The van der Waals surface area contributed by atoms with Crippen LogP contribution in [0.5, 0.6) is 0 Å². The van der Waals surface area contributed by atoms with Crippen molar-refractivity contribution < 1.29 is 61.4 Å². The number of aliphatic hydroxyl groups is 3. The number of carbonyl (C=O) groups excluding carboxylic acids is 6. The third kappa shape index (κ3) is 34.7. The Bertz CT molecular complexity index is 391. The molecule has 0 aliphatic carbocycles. The van der Waals surface area contributed by atoms with Gasteiger partial charge in [0.05, 0.1) is 19.3 Å². The molecule has 0 aliphatic heterocycles. The SMILES string of the molecule is CC(=O)CC(=O)CO.CC(=O)CC(=O)CO.CC(=O)CC(=O)CO.[Cr]. The van der Waals surface area contributed by atoms with Crippen molar-refractivity contribution in [2.75, 3.05) is 19.8 Å². The van der Waals surface area contributed by atoms with Crippen molar-refractivity contribution in [3.8, 4) is 0 Å². The van der Waals surface area contributed by atoms with Gasteiger partial charge >= 0.3 is 0 Å². The number of Topliss-reactive ketones (excluding diaryl/α,β-unsaturated/α-hetero) is 6. The summed E-state index contributed by atoms with van der Waals surface area (Å²) in [6, 6.07) is 0. The number of hydrogen-bond donors (Lipinski definition) is 3. The summed E-state index contributed by atoms with van der Waals surface area (Å²) in [4.78, 5) is 60.7. The maximum atomic E-state index is 10.2. The van der Waals surface area contributed by atoms with Crippen molar-refractivity contribution >= 4 is 34.7 Å². The molecule has 0 amide bonds. The first-order chi connectivity index (χ1) is 11.0. The van der Waals surface area contributed by atoms with E-state index in [1.165, 1.54) is 20.8 Å². The van der Waals surface area contributed by atoms with Crippen molar-refractivity contribution in [2.45, 2.75) is 40.0 Å². The van der Waals surface area contributed by atoms with Gasteiger partial charge in [-0.2, -0.15) is 0 Å². The molecule has 0 spiro atoms. The van der Waals surface area contributed by atoms with Crippen LogP contribution >= 0.6 is 0 Å². The normalized spacial score (nSPS) is 8.40. The zero-order valence-corrected chi connectivity index (χ0v) is 15.7. The topological polar surface area (TPSA) is 163 Å². The first-order valence-electron chi connectivity index (χ1n) is 6.86. The van der Waals surface area contributed by atoms with Crippen LogP contribution in [0.25, 0.3) is 0 Å². The van der Waals surface area contributed by atoms with Gasteiger partial charge in [0.2, 0.25) is 0 Å². The minimum absolute atomic E-state index is 0. The summed E-state index contributed by atoms with van der Waals surface area (Å²) in [5.41, 5.74) is 0. The van der Waals surface area contributed by atoms with Crippen LogP contribution in [0.4, 0.5) is 0 Å². The first-order valence-corrected chi connectivity index (χ1v) is 6.86. The molecule has 0 aromatic rings. The molecule has 0 saturated heterocycles. The Hall–Kier alpha value is -1.57. The Balaban J connectivity index is -0.000000130. The molecule has 0 unspecified atom stereocenters. The second kappa shape index (κ2) is 20.5. The van der Waals surface area contributed by atoms with Crippen LogP contribution in [0.15, 0.2) is 0 Å². The van der Waals surface area contributed by atoms with Gasteiger partial charge < -0.3 is 15.3 Å². The predicted octanol–water partition coefficient (Wildman–Crippen LogP) is -1.42. The molecule has 3 N–H and O–H groups in total. The maximum absolute atomic E-state index is 10.2. The van der Waals surface area contributed by atoms with Gasteiger partial charge in [-0.05, 0) is 20.8 Å². The molecule has 0 radical (unpaired) electrons. The molecule has 10 heteroatoms. The summed E-state index contributed by atoms with van der Waals surface area (Å²) in [5.74, 6) is -1.87. The number of aliphatic hydroxyl groups excluding tert-OH is 3. The summed E-state index contributed by atoms with van der Waals surface area (Å²) >= 11 is 0. The summed E-state index contributed by atoms with van der Waals surface area (Å²) in [5, 5.41) is 24.2. The minimum Gasteiger partial charge on any atom is -0.389 e. The fourth-order valence-electron chi connectivity index (χ4n) is 1.00. The second-order valence-corrected chi connectivity index (χ2v) is 4.73. The molecule has 0 aromatic heterocycles. The zero-order chi connectivity index (χ0) is 19.7. The summed E-state index contributed by atoms with van der Waals surface area (Å²) < 4.78 is 0. The molecule has 9 nitrogen and oxygen atoms in total. The monoisotopic (exact) mass is 400 g/mol. The molecule has 0 atom stereocenters. The standard InChI is InChI=1S/3C5H8O3.Cr/c3*1-4(7)2-5(8)3-6;/h3*6H,2-3H2,1H3;. The smallest absolute Gasteiger partial charge is 0.165 e. The van der Waals surface area contributed by atoms with Crippen molar-refractivity contribution in [1.29, 1.82) is 0 Å². The van der Waals surface area contributed by atoms with E-state index >= 15 is 0 Å². The Morgan fingerprint density at radius 2 is 0.680 bits per heavy atom. The summed E-state index contributed by atoms with van der Waals surface area (Å²) in [6.07, 6.45) is -0.427. The molecule has 144 valence electrons. The predicted molar refractivity (Wildman–Crippen MR) is 82.2 cm³/mol. The third-order valence-corrected chi connectivity index (χ3v) is 1.87. The second-order valence-electron chi connectivity index (χ2n) is 4.73. The minimum atomic E-state index is -0.528. The van der Waals surface area contributed by atoms with E-state index in [2.05, 4.69) is 0 Å².